The van der Waals surface area contributed by atoms with Gasteiger partial charge in [-0.05, 0) is 170 Å². The van der Waals surface area contributed by atoms with Crippen molar-refractivity contribution in [2.45, 2.75) is 112 Å². The van der Waals surface area contributed by atoms with Crippen LogP contribution in [-0.2, 0) is 21.7 Å². The molecule has 1 aliphatic heterocycles. The van der Waals surface area contributed by atoms with E-state index in [-0.39, 0.29) is 21.7 Å². The van der Waals surface area contributed by atoms with E-state index in [0.29, 0.717) is 5.41 Å². The highest BCUT2D eigenvalue weighted by Crippen LogP contribution is 2.89. The van der Waals surface area contributed by atoms with Crippen molar-refractivity contribution in [1.29, 1.82) is 0 Å². The first-order valence-electron chi connectivity index (χ1n) is 22.6. The second-order valence-corrected chi connectivity index (χ2v) is 22.7. The van der Waals surface area contributed by atoms with E-state index < -0.39 is 0 Å². The molecule has 0 radical (unpaired) electrons. The van der Waals surface area contributed by atoms with Gasteiger partial charge in [0.1, 0.15) is 0 Å². The van der Waals surface area contributed by atoms with Crippen molar-refractivity contribution in [1.82, 2.24) is 0 Å². The van der Waals surface area contributed by atoms with Crippen molar-refractivity contribution in [2.75, 3.05) is 4.90 Å². The fourth-order valence-electron chi connectivity index (χ4n) is 15.2. The lowest BCUT2D eigenvalue weighted by atomic mass is 9.26. The van der Waals surface area contributed by atoms with E-state index in [1.807, 2.05) is 0 Å². The minimum Gasteiger partial charge on any atom is -0.309 e. The van der Waals surface area contributed by atoms with E-state index in [0.717, 1.165) is 23.7 Å². The fraction of sp³-hybridized carbons (Fsp3) is 0.368. The van der Waals surface area contributed by atoms with Crippen LogP contribution >= 0.6 is 11.8 Å². The van der Waals surface area contributed by atoms with Crippen LogP contribution in [0.3, 0.4) is 0 Å². The van der Waals surface area contributed by atoms with Crippen molar-refractivity contribution >= 4 is 28.8 Å². The average Bonchev–Trinajstić information content (AvgIpc) is 3.85. The van der Waals surface area contributed by atoms with Crippen LogP contribution in [0.25, 0.3) is 22.3 Å². The molecule has 6 atom stereocenters. The first kappa shape index (κ1) is 35.2. The van der Waals surface area contributed by atoms with Crippen LogP contribution in [-0.4, -0.2) is 0 Å². The summed E-state index contributed by atoms with van der Waals surface area (Å²) >= 11 is 2.06. The Kier molecular flexibility index (Phi) is 6.83. The smallest absolute Gasteiger partial charge is 0.0610 e. The zero-order chi connectivity index (χ0) is 39.8. The summed E-state index contributed by atoms with van der Waals surface area (Å²) in [6.45, 7) is 14.8. The Morgan fingerprint density at radius 3 is 2.08 bits per heavy atom. The van der Waals surface area contributed by atoms with Crippen molar-refractivity contribution < 1.29 is 0 Å². The van der Waals surface area contributed by atoms with E-state index >= 15 is 0 Å². The molecule has 6 aromatic rings. The van der Waals surface area contributed by atoms with Crippen molar-refractivity contribution in [2.24, 2.45) is 29.1 Å². The number of hydrogen-bond donors (Lipinski definition) is 0. The average molecular weight is 786 g/mol. The number of hydrogen-bond acceptors (Lipinski definition) is 2. The molecule has 0 N–H and O–H groups in total. The van der Waals surface area contributed by atoms with Crippen molar-refractivity contribution in [3.05, 3.63) is 161 Å². The largest absolute Gasteiger partial charge is 0.309 e. The van der Waals surface area contributed by atoms with E-state index in [2.05, 4.69) is 186 Å². The van der Waals surface area contributed by atoms with Crippen LogP contribution < -0.4 is 4.90 Å². The molecule has 59 heavy (non-hydrogen) atoms. The van der Waals surface area contributed by atoms with E-state index in [1.165, 1.54) is 110 Å². The molecule has 13 rings (SSSR count). The van der Waals surface area contributed by atoms with Crippen LogP contribution in [0.5, 0.6) is 0 Å². The molecule has 0 saturated heterocycles. The van der Waals surface area contributed by atoms with E-state index in [1.54, 1.807) is 11.1 Å². The zero-order valence-corrected chi connectivity index (χ0v) is 36.3. The van der Waals surface area contributed by atoms with Gasteiger partial charge in [-0.3, -0.25) is 0 Å². The lowest BCUT2D eigenvalue weighted by Gasteiger charge is -2.78. The highest BCUT2D eigenvalue weighted by atomic mass is 32.2. The second kappa shape index (κ2) is 11.4. The van der Waals surface area contributed by atoms with Gasteiger partial charge in [0.25, 0.3) is 0 Å². The molecule has 2 heteroatoms. The Morgan fingerprint density at radius 2 is 1.25 bits per heavy atom. The lowest BCUT2D eigenvalue weighted by Crippen LogP contribution is -2.74. The van der Waals surface area contributed by atoms with Crippen LogP contribution in [0.2, 0.25) is 0 Å². The third-order valence-corrected chi connectivity index (χ3v) is 19.0. The van der Waals surface area contributed by atoms with Gasteiger partial charge in [-0.2, -0.15) is 0 Å². The SMILES string of the molecule is CC1(C)CCC(C)(C)c2c(N(c3ccc4c(c3)C(C)(C)c3ccccc3-4)c3cc(-c4ccccc4)cc4c3Sc3ccccc3C43C4CC5CC6CC3C64C5)cccc21. The molecule has 2 bridgehead atoms. The number of nitrogens with zero attached hydrogens (tertiary/aromatic N) is 1. The van der Waals surface area contributed by atoms with E-state index in [9.17, 15) is 0 Å². The molecule has 0 amide bonds. The molecule has 0 aromatic heterocycles. The van der Waals surface area contributed by atoms with Gasteiger partial charge in [0, 0.05) is 26.3 Å². The number of rotatable bonds is 4. The number of anilines is 3. The quantitative estimate of drug-likeness (QED) is 0.175. The van der Waals surface area contributed by atoms with Gasteiger partial charge in [-0.15, -0.1) is 0 Å². The standard InChI is InChI=1S/C57H55NS/c1-53(2)25-26-54(3,4)51-43(53)20-14-21-46(51)58(38-23-24-40-39-17-10-11-18-41(39)55(5,6)44(40)32-38)47-30-36(35-15-8-7-9-16-35)29-45-52(47)59-48-22-13-12-19-42(48)57(45)49-28-34-27-37-31-50(57)56(37,49)33-34/h7-24,29-30,32,34,37,49-50H,25-28,31,33H2,1-6H3. The molecular formula is C57H55NS. The molecule has 2 spiro atoms. The van der Waals surface area contributed by atoms with Gasteiger partial charge in [0.2, 0.25) is 0 Å². The maximum absolute atomic E-state index is 2.76. The normalized spacial score (nSPS) is 29.6. The van der Waals surface area contributed by atoms with Crippen LogP contribution in [0.15, 0.2) is 137 Å². The van der Waals surface area contributed by atoms with Gasteiger partial charge in [0.05, 0.1) is 11.4 Å². The summed E-state index contributed by atoms with van der Waals surface area (Å²) in [5.74, 6) is 3.32. The molecule has 4 saturated carbocycles. The predicted molar refractivity (Wildman–Crippen MR) is 246 cm³/mol. The summed E-state index contributed by atoms with van der Waals surface area (Å²) < 4.78 is 0. The van der Waals surface area contributed by atoms with Gasteiger partial charge in [-0.25, -0.2) is 0 Å². The highest BCUT2D eigenvalue weighted by Gasteiger charge is 2.84. The monoisotopic (exact) mass is 785 g/mol. The zero-order valence-electron chi connectivity index (χ0n) is 35.5. The Hall–Kier alpha value is -4.53. The highest BCUT2D eigenvalue weighted by molar-refractivity contribution is 7.99. The second-order valence-electron chi connectivity index (χ2n) is 21.6. The predicted octanol–water partition coefficient (Wildman–Crippen LogP) is 15.3. The molecule has 7 aliphatic rings. The van der Waals surface area contributed by atoms with Crippen LogP contribution in [0.4, 0.5) is 17.1 Å². The molecule has 6 unspecified atom stereocenters. The molecule has 6 aromatic carbocycles. The molecule has 1 nitrogen and oxygen atoms in total. The topological polar surface area (TPSA) is 3.24 Å². The molecular weight excluding hydrogens is 731 g/mol. The third kappa shape index (κ3) is 4.25. The molecule has 4 fully saturated rings. The summed E-state index contributed by atoms with van der Waals surface area (Å²) in [6.07, 6.45) is 8.13. The summed E-state index contributed by atoms with van der Waals surface area (Å²) in [5, 5.41) is 0. The van der Waals surface area contributed by atoms with E-state index in [4.69, 9.17) is 0 Å². The summed E-state index contributed by atoms with van der Waals surface area (Å²) in [4.78, 5) is 5.73. The molecule has 6 aliphatic carbocycles. The molecule has 294 valence electrons. The Morgan fingerprint density at radius 1 is 0.542 bits per heavy atom. The Bertz CT molecular complexity index is 2790. The summed E-state index contributed by atoms with van der Waals surface area (Å²) in [5.41, 5.74) is 19.2. The van der Waals surface area contributed by atoms with Crippen molar-refractivity contribution in [3.63, 3.8) is 0 Å². The molecule has 1 heterocycles. The Labute approximate surface area is 355 Å². The van der Waals surface area contributed by atoms with Crippen molar-refractivity contribution in [3.8, 4) is 22.3 Å². The summed E-state index contributed by atoms with van der Waals surface area (Å²) in [7, 11) is 0. The minimum absolute atomic E-state index is 0.0222. The maximum atomic E-state index is 2.76. The number of fused-ring (bicyclic) bond motifs is 11. The Balaban J connectivity index is 1.13. The van der Waals surface area contributed by atoms with Crippen LogP contribution in [0, 0.1) is 29.1 Å². The number of benzene rings is 6. The first-order chi connectivity index (χ1) is 28.4. The van der Waals surface area contributed by atoms with Gasteiger partial charge in [0.15, 0.2) is 0 Å². The van der Waals surface area contributed by atoms with Gasteiger partial charge < -0.3 is 4.90 Å². The van der Waals surface area contributed by atoms with Gasteiger partial charge in [-0.1, -0.05) is 144 Å². The first-order valence-corrected chi connectivity index (χ1v) is 23.5. The third-order valence-electron chi connectivity index (χ3n) is 17.8. The van der Waals surface area contributed by atoms with Crippen LogP contribution in [0.1, 0.15) is 113 Å². The van der Waals surface area contributed by atoms with Gasteiger partial charge >= 0.3 is 0 Å². The summed E-state index contributed by atoms with van der Waals surface area (Å²) in [6, 6.07) is 50.2. The fourth-order valence-corrected chi connectivity index (χ4v) is 16.6. The lowest BCUT2D eigenvalue weighted by molar-refractivity contribution is -0.235. The minimum atomic E-state index is -0.100. The maximum Gasteiger partial charge on any atom is 0.0610 e.